The Balaban J connectivity index is 1.75. The Morgan fingerprint density at radius 2 is 2.33 bits per heavy atom. The second kappa shape index (κ2) is 4.93. The smallest absolute Gasteiger partial charge is 0.119 e. The van der Waals surface area contributed by atoms with Crippen molar-refractivity contribution in [1.82, 2.24) is 4.90 Å². The summed E-state index contributed by atoms with van der Waals surface area (Å²) in [5, 5.41) is 10.4. The van der Waals surface area contributed by atoms with Crippen LogP contribution < -0.4 is 4.74 Å². The van der Waals surface area contributed by atoms with E-state index in [1.165, 1.54) is 16.8 Å². The molecule has 0 amide bonds. The molecule has 126 valence electrons. The summed E-state index contributed by atoms with van der Waals surface area (Å²) in [6.45, 7) is 4.49. The molecule has 1 aliphatic carbocycles. The van der Waals surface area contributed by atoms with Crippen LogP contribution in [-0.2, 0) is 5.41 Å². The summed E-state index contributed by atoms with van der Waals surface area (Å²) in [5.41, 5.74) is 5.07. The molecule has 1 aromatic rings. The van der Waals surface area contributed by atoms with Crippen LogP contribution >= 0.6 is 0 Å². The van der Waals surface area contributed by atoms with Crippen molar-refractivity contribution in [2.45, 2.75) is 31.2 Å². The number of nitrogens with zero attached hydrogens (tertiary/aromatic N) is 2. The Morgan fingerprint density at radius 3 is 3.08 bits per heavy atom. The molecular weight excluding hydrogens is 300 g/mol. The Kier molecular flexibility index (Phi) is 3.01. The van der Waals surface area contributed by atoms with E-state index in [0.717, 1.165) is 37.4 Å². The van der Waals surface area contributed by atoms with Crippen molar-refractivity contribution in [1.29, 1.82) is 0 Å². The number of benzene rings is 1. The van der Waals surface area contributed by atoms with E-state index >= 15 is 0 Å². The van der Waals surface area contributed by atoms with Gasteiger partial charge in [0.1, 0.15) is 5.75 Å². The van der Waals surface area contributed by atoms with Crippen LogP contribution in [0.3, 0.4) is 0 Å². The molecule has 1 N–H and O–H groups in total. The van der Waals surface area contributed by atoms with E-state index < -0.39 is 0 Å². The second-order valence-corrected chi connectivity index (χ2v) is 7.58. The van der Waals surface area contributed by atoms with Crippen molar-refractivity contribution in [3.63, 3.8) is 0 Å². The lowest BCUT2D eigenvalue weighted by Gasteiger charge is -2.60. The monoisotopic (exact) mass is 324 g/mol. The average molecular weight is 324 g/mol. The highest BCUT2D eigenvalue weighted by Crippen LogP contribution is 2.60. The Morgan fingerprint density at radius 1 is 1.46 bits per heavy atom. The fourth-order valence-electron chi connectivity index (χ4n) is 5.87. The summed E-state index contributed by atoms with van der Waals surface area (Å²) in [6.07, 6.45) is 4.44. The number of aliphatic hydroxyl groups excluding tert-OH is 1. The molecule has 24 heavy (non-hydrogen) atoms. The molecule has 4 aliphatic rings. The van der Waals surface area contributed by atoms with Crippen LogP contribution in [0, 0.1) is 11.8 Å². The van der Waals surface area contributed by atoms with E-state index in [1.807, 2.05) is 6.07 Å². The SMILES string of the molecule is C/C=C1\CN2CC[C@]34C(=Nc5ccc(OC)cc53)[C@@H]2C[C@@H]1[C@@H]4CO. The maximum absolute atomic E-state index is 10.4. The van der Waals surface area contributed by atoms with E-state index in [1.54, 1.807) is 7.11 Å². The number of piperidine rings is 2. The molecule has 3 fully saturated rings. The Labute approximate surface area is 142 Å². The van der Waals surface area contributed by atoms with E-state index in [0.29, 0.717) is 12.0 Å². The topological polar surface area (TPSA) is 45.1 Å². The van der Waals surface area contributed by atoms with Crippen LogP contribution in [0.1, 0.15) is 25.3 Å². The second-order valence-electron chi connectivity index (χ2n) is 7.58. The Hall–Kier alpha value is -1.65. The molecule has 3 bridgehead atoms. The highest BCUT2D eigenvalue weighted by molar-refractivity contribution is 6.07. The van der Waals surface area contributed by atoms with Crippen LogP contribution in [0.4, 0.5) is 5.69 Å². The van der Waals surface area contributed by atoms with Crippen molar-refractivity contribution >= 4 is 11.4 Å². The van der Waals surface area contributed by atoms with Gasteiger partial charge in [0.2, 0.25) is 0 Å². The van der Waals surface area contributed by atoms with Gasteiger partial charge in [0.05, 0.1) is 12.8 Å². The van der Waals surface area contributed by atoms with E-state index in [-0.39, 0.29) is 17.9 Å². The van der Waals surface area contributed by atoms with Gasteiger partial charge in [-0.15, -0.1) is 0 Å². The summed E-state index contributed by atoms with van der Waals surface area (Å²) in [5.74, 6) is 1.59. The minimum atomic E-state index is -0.0998. The van der Waals surface area contributed by atoms with Gasteiger partial charge in [0, 0.05) is 42.8 Å². The third-order valence-corrected chi connectivity index (χ3v) is 6.96. The lowest BCUT2D eigenvalue weighted by molar-refractivity contribution is 0.0291. The summed E-state index contributed by atoms with van der Waals surface area (Å²) >= 11 is 0. The molecule has 0 aromatic heterocycles. The van der Waals surface area contributed by atoms with Gasteiger partial charge in [0.15, 0.2) is 0 Å². The van der Waals surface area contributed by atoms with Gasteiger partial charge >= 0.3 is 0 Å². The van der Waals surface area contributed by atoms with E-state index in [9.17, 15) is 5.11 Å². The summed E-state index contributed by atoms with van der Waals surface area (Å²) in [7, 11) is 1.72. The molecule has 1 aromatic carbocycles. The fourth-order valence-corrected chi connectivity index (χ4v) is 5.87. The maximum atomic E-state index is 10.4. The van der Waals surface area contributed by atoms with Crippen molar-refractivity contribution < 1.29 is 9.84 Å². The number of rotatable bonds is 2. The predicted molar refractivity (Wildman–Crippen MR) is 94.2 cm³/mol. The largest absolute Gasteiger partial charge is 0.497 e. The van der Waals surface area contributed by atoms with Crippen LogP contribution in [0.5, 0.6) is 5.75 Å². The molecule has 4 atom stereocenters. The van der Waals surface area contributed by atoms with Crippen LogP contribution in [0.2, 0.25) is 0 Å². The number of hydrogen-bond acceptors (Lipinski definition) is 4. The van der Waals surface area contributed by atoms with Crippen molar-refractivity contribution in [2.24, 2.45) is 16.8 Å². The molecule has 2 saturated heterocycles. The normalized spacial score (nSPS) is 38.0. The lowest BCUT2D eigenvalue weighted by atomic mass is 9.51. The first kappa shape index (κ1) is 14.7. The molecule has 1 saturated carbocycles. The molecule has 5 rings (SSSR count). The lowest BCUT2D eigenvalue weighted by Crippen LogP contribution is -2.68. The summed E-state index contributed by atoms with van der Waals surface area (Å²) in [6, 6.07) is 6.70. The third-order valence-electron chi connectivity index (χ3n) is 6.96. The van der Waals surface area contributed by atoms with E-state index in [4.69, 9.17) is 9.73 Å². The molecule has 4 heteroatoms. The third kappa shape index (κ3) is 1.58. The number of methoxy groups -OCH3 is 1. The zero-order chi connectivity index (χ0) is 16.5. The minimum Gasteiger partial charge on any atom is -0.497 e. The van der Waals surface area contributed by atoms with Crippen molar-refractivity contribution in [2.75, 3.05) is 26.8 Å². The highest BCUT2D eigenvalue weighted by Gasteiger charge is 2.62. The molecule has 0 radical (unpaired) electrons. The van der Waals surface area contributed by atoms with Gasteiger partial charge < -0.3 is 9.84 Å². The van der Waals surface area contributed by atoms with E-state index in [2.05, 4.69) is 30.0 Å². The van der Waals surface area contributed by atoms with Gasteiger partial charge in [-0.25, -0.2) is 0 Å². The maximum Gasteiger partial charge on any atom is 0.119 e. The highest BCUT2D eigenvalue weighted by atomic mass is 16.5. The molecule has 0 spiro atoms. The first-order valence-electron chi connectivity index (χ1n) is 9.00. The standard InChI is InChI=1S/C20H24N2O2/c1-3-12-10-22-7-6-20-15-8-13(24-2)4-5-17(15)21-19(20)18(22)9-14(12)16(20)11-23/h3-5,8,14,16,18,23H,6-7,9-11H2,1-2H3/b12-3+/t14-,16-,18-,20-/m0/s1. The molecule has 4 nitrogen and oxygen atoms in total. The van der Waals surface area contributed by atoms with Crippen LogP contribution in [-0.4, -0.2) is 48.6 Å². The number of aliphatic hydroxyl groups is 1. The molecule has 3 aliphatic heterocycles. The van der Waals surface area contributed by atoms with Gasteiger partial charge in [0.25, 0.3) is 0 Å². The molecule has 0 unspecified atom stereocenters. The fraction of sp³-hybridized carbons (Fsp3) is 0.550. The first-order chi connectivity index (χ1) is 11.7. The van der Waals surface area contributed by atoms with Crippen LogP contribution in [0.15, 0.2) is 34.8 Å². The van der Waals surface area contributed by atoms with Crippen LogP contribution in [0.25, 0.3) is 0 Å². The summed E-state index contributed by atoms with van der Waals surface area (Å²) in [4.78, 5) is 7.68. The van der Waals surface area contributed by atoms with Gasteiger partial charge in [-0.3, -0.25) is 9.89 Å². The van der Waals surface area contributed by atoms with Gasteiger partial charge in [-0.1, -0.05) is 11.6 Å². The zero-order valence-electron chi connectivity index (χ0n) is 14.3. The van der Waals surface area contributed by atoms with Crippen molar-refractivity contribution in [3.05, 3.63) is 35.4 Å². The molecule has 3 heterocycles. The first-order valence-corrected chi connectivity index (χ1v) is 9.00. The minimum absolute atomic E-state index is 0.0998. The quantitative estimate of drug-likeness (QED) is 0.851. The average Bonchev–Trinajstić information content (AvgIpc) is 2.96. The Bertz CT molecular complexity index is 769. The van der Waals surface area contributed by atoms with Gasteiger partial charge in [-0.2, -0.15) is 0 Å². The number of aliphatic imine (C=N–C) groups is 1. The molecular formula is C20H24N2O2. The number of allylic oxidation sites excluding steroid dienone is 1. The predicted octanol–water partition coefficient (Wildman–Crippen LogP) is 2.68. The van der Waals surface area contributed by atoms with Crippen molar-refractivity contribution in [3.8, 4) is 5.75 Å². The number of ether oxygens (including phenoxy) is 1. The number of fused-ring (bicyclic) bond motifs is 2. The number of hydrogen-bond donors (Lipinski definition) is 1. The zero-order valence-corrected chi connectivity index (χ0v) is 14.3. The summed E-state index contributed by atoms with van der Waals surface area (Å²) < 4.78 is 5.49. The van der Waals surface area contributed by atoms with Gasteiger partial charge in [-0.05, 0) is 49.4 Å².